The van der Waals surface area contributed by atoms with Gasteiger partial charge in [-0.05, 0) is 19.4 Å². The maximum Gasteiger partial charge on any atom is 0.319 e. The number of anilines is 1. The summed E-state index contributed by atoms with van der Waals surface area (Å²) in [7, 11) is 0. The number of nitrogens with zero attached hydrogens (tertiary/aromatic N) is 3. The highest BCUT2D eigenvalue weighted by molar-refractivity contribution is 5.88. The Morgan fingerprint density at radius 2 is 2.12 bits per heavy atom. The lowest BCUT2D eigenvalue weighted by molar-refractivity contribution is 0.0712. The predicted octanol–water partition coefficient (Wildman–Crippen LogP) is 2.62. The van der Waals surface area contributed by atoms with Crippen LogP contribution in [0.4, 0.5) is 10.5 Å². The molecule has 2 N–H and O–H groups in total. The molecule has 1 aliphatic rings. The Morgan fingerprint density at radius 1 is 1.33 bits per heavy atom. The van der Waals surface area contributed by atoms with Crippen molar-refractivity contribution in [2.24, 2.45) is 11.1 Å². The highest BCUT2D eigenvalue weighted by atomic mass is 16.6. The van der Waals surface area contributed by atoms with E-state index in [9.17, 15) is 4.79 Å². The Hall–Kier alpha value is -2.83. The highest BCUT2D eigenvalue weighted by Crippen LogP contribution is 2.20. The van der Waals surface area contributed by atoms with E-state index in [1.807, 2.05) is 44.2 Å². The summed E-state index contributed by atoms with van der Waals surface area (Å²) < 4.78 is 1.79. The summed E-state index contributed by atoms with van der Waals surface area (Å²) in [5.74, 6) is 0.199. The normalized spacial score (nSPS) is 19.5. The van der Waals surface area contributed by atoms with Crippen LogP contribution in [0.25, 0.3) is 0 Å². The fourth-order valence-corrected chi connectivity index (χ4v) is 2.61. The van der Waals surface area contributed by atoms with E-state index in [-0.39, 0.29) is 18.1 Å². The zero-order chi connectivity index (χ0) is 16.9. The third-order valence-electron chi connectivity index (χ3n) is 4.04. The molecule has 1 aromatic carbocycles. The van der Waals surface area contributed by atoms with E-state index in [0.717, 1.165) is 11.3 Å². The number of amides is 2. The van der Waals surface area contributed by atoms with Crippen LogP contribution >= 0.6 is 0 Å². The molecule has 2 atom stereocenters. The van der Waals surface area contributed by atoms with Crippen LogP contribution in [0.15, 0.2) is 47.9 Å². The number of benzene rings is 1. The molecule has 1 aliphatic heterocycles. The quantitative estimate of drug-likeness (QED) is 0.886. The first kappa shape index (κ1) is 16.0. The lowest BCUT2D eigenvalue weighted by Gasteiger charge is -2.13. The first-order chi connectivity index (χ1) is 11.6. The number of hydrogen-bond acceptors (Lipinski definition) is 4. The third-order valence-corrected chi connectivity index (χ3v) is 4.04. The third kappa shape index (κ3) is 3.92. The maximum absolute atomic E-state index is 11.9. The second-order valence-electron chi connectivity index (χ2n) is 5.89. The van der Waals surface area contributed by atoms with Crippen molar-refractivity contribution in [2.45, 2.75) is 33.0 Å². The monoisotopic (exact) mass is 327 g/mol. The lowest BCUT2D eigenvalue weighted by atomic mass is 10.00. The number of hydrogen-bond donors (Lipinski definition) is 2. The van der Waals surface area contributed by atoms with Crippen molar-refractivity contribution >= 4 is 17.4 Å². The first-order valence-corrected chi connectivity index (χ1v) is 7.93. The van der Waals surface area contributed by atoms with Crippen molar-refractivity contribution in [3.63, 3.8) is 0 Å². The molecule has 2 heterocycles. The van der Waals surface area contributed by atoms with Crippen LogP contribution in [0.5, 0.6) is 0 Å². The van der Waals surface area contributed by atoms with Crippen molar-refractivity contribution in [3.8, 4) is 0 Å². The topological polar surface area (TPSA) is 80.5 Å². The maximum atomic E-state index is 11.9. The molecule has 7 heteroatoms. The molecular formula is C17H21N5O2. The number of urea groups is 1. The molecule has 126 valence electrons. The van der Waals surface area contributed by atoms with Crippen LogP contribution in [-0.2, 0) is 17.9 Å². The molecule has 1 aromatic heterocycles. The second kappa shape index (κ2) is 7.16. The summed E-state index contributed by atoms with van der Waals surface area (Å²) >= 11 is 0. The Morgan fingerprint density at radius 3 is 2.83 bits per heavy atom. The number of nitrogens with one attached hydrogen (secondary N) is 2. The van der Waals surface area contributed by atoms with Crippen molar-refractivity contribution in [1.82, 2.24) is 15.1 Å². The van der Waals surface area contributed by atoms with Gasteiger partial charge in [0.15, 0.2) is 0 Å². The molecule has 24 heavy (non-hydrogen) atoms. The Bertz CT molecular complexity index is 726. The molecule has 0 spiro atoms. The molecule has 2 amide bonds. The molecule has 0 saturated heterocycles. The zero-order valence-corrected chi connectivity index (χ0v) is 13.8. The number of aromatic nitrogens is 2. The van der Waals surface area contributed by atoms with Gasteiger partial charge < -0.3 is 15.5 Å². The fourth-order valence-electron chi connectivity index (χ4n) is 2.61. The van der Waals surface area contributed by atoms with E-state index >= 15 is 0 Å². The van der Waals surface area contributed by atoms with Gasteiger partial charge in [0.25, 0.3) is 0 Å². The number of carbonyl (C=O) groups excluding carboxylic acids is 1. The summed E-state index contributed by atoms with van der Waals surface area (Å²) in [6.45, 7) is 5.09. The van der Waals surface area contributed by atoms with E-state index < -0.39 is 0 Å². The Labute approximate surface area is 140 Å². The lowest BCUT2D eigenvalue weighted by Crippen LogP contribution is -2.28. The average molecular weight is 327 g/mol. The number of oxime groups is 1. The van der Waals surface area contributed by atoms with Gasteiger partial charge in [0.2, 0.25) is 0 Å². The van der Waals surface area contributed by atoms with Crippen molar-refractivity contribution in [1.29, 1.82) is 0 Å². The van der Waals surface area contributed by atoms with Crippen LogP contribution in [-0.4, -0.2) is 27.6 Å². The summed E-state index contributed by atoms with van der Waals surface area (Å²) in [5.41, 5.74) is 2.67. The molecule has 0 radical (unpaired) electrons. The molecule has 2 unspecified atom stereocenters. The zero-order valence-electron chi connectivity index (χ0n) is 13.8. The molecular weight excluding hydrogens is 306 g/mol. The van der Waals surface area contributed by atoms with E-state index in [0.29, 0.717) is 18.8 Å². The molecule has 3 rings (SSSR count). The minimum Gasteiger partial charge on any atom is -0.392 e. The largest absolute Gasteiger partial charge is 0.392 e. The summed E-state index contributed by atoms with van der Waals surface area (Å²) in [6.07, 6.45) is 3.48. The molecule has 7 nitrogen and oxygen atoms in total. The fraction of sp³-hybridized carbons (Fsp3) is 0.353. The smallest absolute Gasteiger partial charge is 0.319 e. The standard InChI is InChI=1S/C17H21N5O2/c1-12-16(13(2)24-21-12)11-22-10-15(9-19-22)20-17(23)18-8-14-6-4-3-5-7-14/h3-7,9-10,13,16H,8,11H2,1-2H3,(H2,18,20,23). The van der Waals surface area contributed by atoms with Gasteiger partial charge in [0.1, 0.15) is 6.10 Å². The van der Waals surface area contributed by atoms with Gasteiger partial charge in [-0.3, -0.25) is 4.68 Å². The number of rotatable bonds is 5. The van der Waals surface area contributed by atoms with Gasteiger partial charge in [-0.2, -0.15) is 5.10 Å². The molecule has 0 fully saturated rings. The van der Waals surface area contributed by atoms with Gasteiger partial charge >= 0.3 is 6.03 Å². The number of carbonyl (C=O) groups is 1. The summed E-state index contributed by atoms with van der Waals surface area (Å²) in [6, 6.07) is 9.50. The van der Waals surface area contributed by atoms with Gasteiger partial charge in [-0.1, -0.05) is 35.5 Å². The van der Waals surface area contributed by atoms with Gasteiger partial charge in [-0.25, -0.2) is 4.79 Å². The van der Waals surface area contributed by atoms with E-state index in [2.05, 4.69) is 20.9 Å². The van der Waals surface area contributed by atoms with Gasteiger partial charge in [0, 0.05) is 12.7 Å². The first-order valence-electron chi connectivity index (χ1n) is 7.93. The Balaban J connectivity index is 1.50. The van der Waals surface area contributed by atoms with Crippen LogP contribution in [0.3, 0.4) is 0 Å². The summed E-state index contributed by atoms with van der Waals surface area (Å²) in [5, 5.41) is 13.9. The van der Waals surface area contributed by atoms with Crippen LogP contribution in [0, 0.1) is 5.92 Å². The minimum absolute atomic E-state index is 0.0415. The van der Waals surface area contributed by atoms with Crippen LogP contribution < -0.4 is 10.6 Å². The van der Waals surface area contributed by atoms with E-state index in [4.69, 9.17) is 4.84 Å². The molecule has 0 saturated carbocycles. The van der Waals surface area contributed by atoms with Crippen LogP contribution in [0.2, 0.25) is 0 Å². The summed E-state index contributed by atoms with van der Waals surface area (Å²) in [4.78, 5) is 17.2. The highest BCUT2D eigenvalue weighted by Gasteiger charge is 2.28. The SMILES string of the molecule is CC1=NOC(C)C1Cn1cc(NC(=O)NCc2ccccc2)cn1. The Kier molecular flexibility index (Phi) is 4.79. The van der Waals surface area contributed by atoms with Gasteiger partial charge in [0.05, 0.1) is 30.1 Å². The molecule has 0 bridgehead atoms. The molecule has 2 aromatic rings. The van der Waals surface area contributed by atoms with Crippen molar-refractivity contribution in [2.75, 3.05) is 5.32 Å². The van der Waals surface area contributed by atoms with E-state index in [1.165, 1.54) is 0 Å². The van der Waals surface area contributed by atoms with Crippen molar-refractivity contribution < 1.29 is 9.63 Å². The van der Waals surface area contributed by atoms with E-state index in [1.54, 1.807) is 17.1 Å². The second-order valence-corrected chi connectivity index (χ2v) is 5.89. The van der Waals surface area contributed by atoms with Gasteiger partial charge in [-0.15, -0.1) is 0 Å². The average Bonchev–Trinajstić information content (AvgIpc) is 3.15. The molecule has 0 aliphatic carbocycles. The minimum atomic E-state index is -0.256. The van der Waals surface area contributed by atoms with Crippen molar-refractivity contribution in [3.05, 3.63) is 48.3 Å². The predicted molar refractivity (Wildman–Crippen MR) is 91.7 cm³/mol. The van der Waals surface area contributed by atoms with Crippen LogP contribution in [0.1, 0.15) is 19.4 Å².